The lowest BCUT2D eigenvalue weighted by Gasteiger charge is -2.22. The lowest BCUT2D eigenvalue weighted by atomic mass is 10.1. The highest BCUT2D eigenvalue weighted by molar-refractivity contribution is 5.94. The number of aryl methyl sites for hydroxylation is 1. The van der Waals surface area contributed by atoms with Crippen LogP contribution >= 0.6 is 0 Å². The Hall–Kier alpha value is -1.95. The molecule has 104 valence electrons. The van der Waals surface area contributed by atoms with Crippen molar-refractivity contribution in [2.75, 3.05) is 13.7 Å². The van der Waals surface area contributed by atoms with E-state index in [-0.39, 0.29) is 17.2 Å². The molecule has 6 heteroatoms. The summed E-state index contributed by atoms with van der Waals surface area (Å²) < 4.78 is 5.19. The molecule has 19 heavy (non-hydrogen) atoms. The van der Waals surface area contributed by atoms with Gasteiger partial charge in [0.25, 0.3) is 5.91 Å². The van der Waals surface area contributed by atoms with E-state index in [4.69, 9.17) is 9.84 Å². The number of aromatic carboxylic acids is 1. The molecule has 1 aromatic rings. The number of hydrogen-bond acceptors (Lipinski definition) is 4. The van der Waals surface area contributed by atoms with Gasteiger partial charge in [-0.1, -0.05) is 0 Å². The summed E-state index contributed by atoms with van der Waals surface area (Å²) in [7, 11) is 1.57. The van der Waals surface area contributed by atoms with E-state index in [0.717, 1.165) is 0 Å². The van der Waals surface area contributed by atoms with Crippen LogP contribution in [0, 0.1) is 6.92 Å². The Balaban J connectivity index is 2.79. The summed E-state index contributed by atoms with van der Waals surface area (Å²) in [6.07, 6.45) is 0. The van der Waals surface area contributed by atoms with Crippen LogP contribution in [0.3, 0.4) is 0 Å². The summed E-state index contributed by atoms with van der Waals surface area (Å²) in [5.74, 6) is -1.41. The van der Waals surface area contributed by atoms with E-state index in [1.165, 1.54) is 12.1 Å². The number of aromatic nitrogens is 1. The fraction of sp³-hybridized carbons (Fsp3) is 0.462. The number of rotatable bonds is 5. The number of amides is 1. The molecule has 0 aliphatic rings. The standard InChI is InChI=1S/C13H18N2O4/c1-8-9(12(17)18)5-6-10(15-8)11(16)14-7-13(2,3)19-4/h5-6H,7H2,1-4H3,(H,14,16)(H,17,18). The maximum atomic E-state index is 11.9. The molecule has 0 saturated carbocycles. The first-order valence-electron chi connectivity index (χ1n) is 5.81. The van der Waals surface area contributed by atoms with Gasteiger partial charge in [0.1, 0.15) is 5.69 Å². The first-order valence-corrected chi connectivity index (χ1v) is 5.81. The fourth-order valence-corrected chi connectivity index (χ4v) is 1.37. The number of nitrogens with one attached hydrogen (secondary N) is 1. The Morgan fingerprint density at radius 3 is 2.53 bits per heavy atom. The molecule has 0 aliphatic heterocycles. The van der Waals surface area contributed by atoms with Gasteiger partial charge >= 0.3 is 5.97 Å². The molecule has 0 radical (unpaired) electrons. The molecule has 0 aliphatic carbocycles. The number of carboxylic acids is 1. The summed E-state index contributed by atoms with van der Waals surface area (Å²) in [5, 5.41) is 11.6. The molecule has 1 rings (SSSR count). The topological polar surface area (TPSA) is 88.5 Å². The van der Waals surface area contributed by atoms with Gasteiger partial charge in [-0.3, -0.25) is 4.79 Å². The first-order chi connectivity index (χ1) is 8.76. The molecule has 2 N–H and O–H groups in total. The largest absolute Gasteiger partial charge is 0.478 e. The molecule has 0 saturated heterocycles. The van der Waals surface area contributed by atoms with Crippen molar-refractivity contribution in [3.63, 3.8) is 0 Å². The Kier molecular flexibility index (Phi) is 4.61. The van der Waals surface area contributed by atoms with Gasteiger partial charge < -0.3 is 15.2 Å². The van der Waals surface area contributed by atoms with Crippen LogP contribution in [0.15, 0.2) is 12.1 Å². The molecular weight excluding hydrogens is 248 g/mol. The molecule has 0 unspecified atom stereocenters. The second-order valence-electron chi connectivity index (χ2n) is 4.78. The predicted octanol–water partition coefficient (Wildman–Crippen LogP) is 1.24. The van der Waals surface area contributed by atoms with E-state index in [2.05, 4.69) is 10.3 Å². The molecule has 0 atom stereocenters. The highest BCUT2D eigenvalue weighted by Crippen LogP contribution is 2.08. The van der Waals surface area contributed by atoms with E-state index < -0.39 is 11.6 Å². The van der Waals surface area contributed by atoms with Crippen molar-refractivity contribution in [2.24, 2.45) is 0 Å². The monoisotopic (exact) mass is 266 g/mol. The second kappa shape index (κ2) is 5.79. The maximum Gasteiger partial charge on any atom is 0.337 e. The second-order valence-corrected chi connectivity index (χ2v) is 4.78. The SMILES string of the molecule is COC(C)(C)CNC(=O)c1ccc(C(=O)O)c(C)n1. The summed E-state index contributed by atoms with van der Waals surface area (Å²) in [6.45, 7) is 5.59. The van der Waals surface area contributed by atoms with Crippen LogP contribution in [0.5, 0.6) is 0 Å². The molecule has 0 spiro atoms. The number of pyridine rings is 1. The molecule has 0 bridgehead atoms. The van der Waals surface area contributed by atoms with Crippen molar-refractivity contribution < 1.29 is 19.4 Å². The van der Waals surface area contributed by atoms with Crippen LogP contribution in [0.4, 0.5) is 0 Å². The minimum Gasteiger partial charge on any atom is -0.478 e. The number of hydrogen-bond donors (Lipinski definition) is 2. The van der Waals surface area contributed by atoms with Gasteiger partial charge in [0.15, 0.2) is 0 Å². The van der Waals surface area contributed by atoms with Crippen LogP contribution in [-0.2, 0) is 4.74 Å². The Morgan fingerprint density at radius 1 is 1.42 bits per heavy atom. The van der Waals surface area contributed by atoms with Gasteiger partial charge in [0.05, 0.1) is 16.9 Å². The van der Waals surface area contributed by atoms with Gasteiger partial charge in [-0.05, 0) is 32.9 Å². The van der Waals surface area contributed by atoms with Crippen LogP contribution in [0.1, 0.15) is 40.4 Å². The molecule has 1 amide bonds. The van der Waals surface area contributed by atoms with Crippen molar-refractivity contribution in [2.45, 2.75) is 26.4 Å². The third-order valence-electron chi connectivity index (χ3n) is 2.78. The van der Waals surface area contributed by atoms with E-state index in [0.29, 0.717) is 12.2 Å². The number of carbonyl (C=O) groups is 2. The van der Waals surface area contributed by atoms with Crippen molar-refractivity contribution in [3.05, 3.63) is 29.1 Å². The lowest BCUT2D eigenvalue weighted by Crippen LogP contribution is -2.40. The summed E-state index contributed by atoms with van der Waals surface area (Å²) >= 11 is 0. The van der Waals surface area contributed by atoms with Gasteiger partial charge in [-0.15, -0.1) is 0 Å². The summed E-state index contributed by atoms with van der Waals surface area (Å²) in [5.41, 5.74) is 0.125. The highest BCUT2D eigenvalue weighted by atomic mass is 16.5. The zero-order valence-electron chi connectivity index (χ0n) is 11.5. The van der Waals surface area contributed by atoms with E-state index >= 15 is 0 Å². The first kappa shape index (κ1) is 15.1. The van der Waals surface area contributed by atoms with Gasteiger partial charge in [-0.2, -0.15) is 0 Å². The van der Waals surface area contributed by atoms with E-state index in [1.54, 1.807) is 14.0 Å². The number of carboxylic acid groups (broad SMARTS) is 1. The van der Waals surface area contributed by atoms with Crippen LogP contribution in [0.25, 0.3) is 0 Å². The average molecular weight is 266 g/mol. The van der Waals surface area contributed by atoms with Crippen LogP contribution in [0.2, 0.25) is 0 Å². The van der Waals surface area contributed by atoms with Crippen LogP contribution in [-0.4, -0.2) is 41.2 Å². The number of carbonyl (C=O) groups excluding carboxylic acids is 1. The smallest absolute Gasteiger partial charge is 0.337 e. The Morgan fingerprint density at radius 2 is 2.05 bits per heavy atom. The molecule has 6 nitrogen and oxygen atoms in total. The Bertz CT molecular complexity index is 497. The summed E-state index contributed by atoms with van der Waals surface area (Å²) in [4.78, 5) is 26.7. The molecule has 0 fully saturated rings. The van der Waals surface area contributed by atoms with Crippen molar-refractivity contribution in [3.8, 4) is 0 Å². The van der Waals surface area contributed by atoms with E-state index in [1.807, 2.05) is 13.8 Å². The molecule has 0 aromatic carbocycles. The normalized spacial score (nSPS) is 11.2. The van der Waals surface area contributed by atoms with Crippen molar-refractivity contribution in [1.29, 1.82) is 0 Å². The third-order valence-corrected chi connectivity index (χ3v) is 2.78. The van der Waals surface area contributed by atoms with Gasteiger partial charge in [0, 0.05) is 13.7 Å². The fourth-order valence-electron chi connectivity index (χ4n) is 1.37. The van der Waals surface area contributed by atoms with Crippen molar-refractivity contribution in [1.82, 2.24) is 10.3 Å². The maximum absolute atomic E-state index is 11.9. The minimum atomic E-state index is -1.06. The molecular formula is C13H18N2O4. The van der Waals surface area contributed by atoms with Gasteiger partial charge in [0.2, 0.25) is 0 Å². The predicted molar refractivity (Wildman–Crippen MR) is 69.4 cm³/mol. The third kappa shape index (κ3) is 4.03. The molecule has 1 heterocycles. The number of ether oxygens (including phenoxy) is 1. The molecule has 1 aromatic heterocycles. The zero-order valence-corrected chi connectivity index (χ0v) is 11.5. The Labute approximate surface area is 111 Å². The average Bonchev–Trinajstić information content (AvgIpc) is 2.35. The minimum absolute atomic E-state index is 0.0915. The summed E-state index contributed by atoms with van der Waals surface area (Å²) in [6, 6.07) is 2.77. The highest BCUT2D eigenvalue weighted by Gasteiger charge is 2.19. The van der Waals surface area contributed by atoms with Gasteiger partial charge in [-0.25, -0.2) is 9.78 Å². The lowest BCUT2D eigenvalue weighted by molar-refractivity contribution is 0.0228. The van der Waals surface area contributed by atoms with Crippen LogP contribution < -0.4 is 5.32 Å². The number of methoxy groups -OCH3 is 1. The zero-order chi connectivity index (χ0) is 14.6. The quantitative estimate of drug-likeness (QED) is 0.837. The van der Waals surface area contributed by atoms with Crippen molar-refractivity contribution >= 4 is 11.9 Å². The number of nitrogens with zero attached hydrogens (tertiary/aromatic N) is 1. The van der Waals surface area contributed by atoms with E-state index in [9.17, 15) is 9.59 Å².